The van der Waals surface area contributed by atoms with Gasteiger partial charge in [-0.15, -0.1) is 0 Å². The molecule has 0 heterocycles. The first-order valence-corrected chi connectivity index (χ1v) is 9.40. The van der Waals surface area contributed by atoms with Crippen molar-refractivity contribution >= 4 is 6.08 Å². The molecular weight excluding hydrogens is 333 g/mol. The monoisotopic (exact) mass is 358 g/mol. The Labute approximate surface area is 153 Å². The van der Waals surface area contributed by atoms with Crippen LogP contribution < -0.4 is 0 Å². The molecule has 0 radical (unpaired) electrons. The lowest BCUT2D eigenvalue weighted by Crippen LogP contribution is -2.13. The van der Waals surface area contributed by atoms with E-state index in [4.69, 9.17) is 0 Å². The quantitative estimate of drug-likeness (QED) is 0.554. The number of rotatable bonds is 4. The fraction of sp³-hybridized carbons (Fsp3) is 0.391. The van der Waals surface area contributed by atoms with Gasteiger partial charge >= 0.3 is 0 Å². The number of benzene rings is 2. The minimum absolute atomic E-state index is 0.0967. The van der Waals surface area contributed by atoms with Crippen LogP contribution in [-0.2, 0) is 6.42 Å². The number of hydrogen-bond acceptors (Lipinski definition) is 0. The zero-order chi connectivity index (χ0) is 18.7. The van der Waals surface area contributed by atoms with Crippen molar-refractivity contribution in [2.24, 2.45) is 5.92 Å². The third-order valence-electron chi connectivity index (χ3n) is 5.54. The second kappa shape index (κ2) is 8.11. The lowest BCUT2D eigenvalue weighted by molar-refractivity contribution is 0.369. The van der Waals surface area contributed by atoms with Crippen LogP contribution in [0.3, 0.4) is 0 Å². The standard InChI is InChI=1S/C23H25F3/c1-3-16-8-13-20(21(24)14-16)18-10-5-17(6-11-18)7-12-19-9-4-15(2)22(25)23(19)26/h4,7-9,12-14,17-18H,3,5-6,10-11H2,1-2H3. The molecule has 2 aromatic carbocycles. The minimum atomic E-state index is -0.784. The zero-order valence-corrected chi connectivity index (χ0v) is 15.4. The average Bonchev–Trinajstić information content (AvgIpc) is 2.66. The van der Waals surface area contributed by atoms with Crippen molar-refractivity contribution in [3.05, 3.63) is 76.1 Å². The summed E-state index contributed by atoms with van der Waals surface area (Å²) >= 11 is 0. The van der Waals surface area contributed by atoms with E-state index in [0.29, 0.717) is 11.5 Å². The second-order valence-corrected chi connectivity index (χ2v) is 7.28. The van der Waals surface area contributed by atoms with Crippen LogP contribution in [-0.4, -0.2) is 0 Å². The van der Waals surface area contributed by atoms with Crippen LogP contribution in [0.25, 0.3) is 6.08 Å². The molecule has 26 heavy (non-hydrogen) atoms. The van der Waals surface area contributed by atoms with E-state index in [1.807, 2.05) is 25.1 Å². The number of halogens is 3. The molecule has 3 heteroatoms. The predicted octanol–water partition coefficient (Wildman–Crippen LogP) is 6.96. The number of aryl methyl sites for hydroxylation is 2. The largest absolute Gasteiger partial charge is 0.207 e. The summed E-state index contributed by atoms with van der Waals surface area (Å²) in [4.78, 5) is 0. The molecule has 1 aliphatic carbocycles. The Bertz CT molecular complexity index is 799. The Balaban J connectivity index is 1.63. The third kappa shape index (κ3) is 4.03. The van der Waals surface area contributed by atoms with Crippen molar-refractivity contribution in [3.63, 3.8) is 0 Å². The van der Waals surface area contributed by atoms with Crippen molar-refractivity contribution in [1.82, 2.24) is 0 Å². The average molecular weight is 358 g/mol. The second-order valence-electron chi connectivity index (χ2n) is 7.28. The van der Waals surface area contributed by atoms with Crippen LogP contribution in [0.4, 0.5) is 13.2 Å². The van der Waals surface area contributed by atoms with Gasteiger partial charge in [0.2, 0.25) is 0 Å². The predicted molar refractivity (Wildman–Crippen MR) is 101 cm³/mol. The highest BCUT2D eigenvalue weighted by Gasteiger charge is 2.23. The fourth-order valence-electron chi connectivity index (χ4n) is 3.77. The Hall–Kier alpha value is -2.03. The van der Waals surface area contributed by atoms with Gasteiger partial charge in [0.05, 0.1) is 0 Å². The van der Waals surface area contributed by atoms with Gasteiger partial charge in [0.25, 0.3) is 0 Å². The van der Waals surface area contributed by atoms with E-state index in [1.165, 1.54) is 0 Å². The Kier molecular flexibility index (Phi) is 5.85. The molecule has 3 rings (SSSR count). The van der Waals surface area contributed by atoms with Gasteiger partial charge in [0, 0.05) is 5.56 Å². The SMILES string of the molecule is CCc1ccc(C2CCC(C=Cc3ccc(C)c(F)c3F)CC2)c(F)c1. The maximum Gasteiger partial charge on any atom is 0.166 e. The maximum absolute atomic E-state index is 14.3. The van der Waals surface area contributed by atoms with Gasteiger partial charge < -0.3 is 0 Å². The van der Waals surface area contributed by atoms with E-state index in [0.717, 1.165) is 43.2 Å². The first-order valence-electron chi connectivity index (χ1n) is 9.40. The summed E-state index contributed by atoms with van der Waals surface area (Å²) in [7, 11) is 0. The van der Waals surface area contributed by atoms with Gasteiger partial charge in [0.15, 0.2) is 11.6 Å². The lowest BCUT2D eigenvalue weighted by atomic mass is 9.78. The first kappa shape index (κ1) is 18.8. The van der Waals surface area contributed by atoms with Crippen molar-refractivity contribution in [2.45, 2.75) is 51.9 Å². The van der Waals surface area contributed by atoms with Gasteiger partial charge in [-0.25, -0.2) is 13.2 Å². The molecule has 0 amide bonds. The van der Waals surface area contributed by atoms with Crippen LogP contribution in [0.1, 0.15) is 60.8 Å². The molecule has 2 aromatic rings. The molecule has 0 aliphatic heterocycles. The molecular formula is C23H25F3. The fourth-order valence-corrected chi connectivity index (χ4v) is 3.77. The molecule has 0 unspecified atom stereocenters. The van der Waals surface area contributed by atoms with Gasteiger partial charge in [-0.1, -0.05) is 43.3 Å². The molecule has 138 valence electrons. The molecule has 0 atom stereocenters. The molecule has 1 fully saturated rings. The molecule has 0 N–H and O–H groups in total. The van der Waals surface area contributed by atoms with Gasteiger partial charge in [-0.3, -0.25) is 0 Å². The molecule has 0 nitrogen and oxygen atoms in total. The smallest absolute Gasteiger partial charge is 0.166 e. The van der Waals surface area contributed by atoms with Crippen molar-refractivity contribution in [1.29, 1.82) is 0 Å². The molecule has 1 aliphatic rings. The summed E-state index contributed by atoms with van der Waals surface area (Å²) < 4.78 is 41.9. The van der Waals surface area contributed by atoms with E-state index in [-0.39, 0.29) is 17.3 Å². The van der Waals surface area contributed by atoms with E-state index < -0.39 is 11.6 Å². The highest BCUT2D eigenvalue weighted by atomic mass is 19.2. The summed E-state index contributed by atoms with van der Waals surface area (Å²) in [6.07, 6.45) is 8.20. The Morgan fingerprint density at radius 3 is 2.35 bits per heavy atom. The van der Waals surface area contributed by atoms with Gasteiger partial charge in [-0.2, -0.15) is 0 Å². The van der Waals surface area contributed by atoms with E-state index in [2.05, 4.69) is 0 Å². The molecule has 0 saturated heterocycles. The molecule has 1 saturated carbocycles. The summed E-state index contributed by atoms with van der Waals surface area (Å²) in [6.45, 7) is 3.58. The van der Waals surface area contributed by atoms with Crippen LogP contribution in [0.15, 0.2) is 36.4 Å². The van der Waals surface area contributed by atoms with Crippen LogP contribution in [0.2, 0.25) is 0 Å². The summed E-state index contributed by atoms with van der Waals surface area (Å²) in [6, 6.07) is 8.80. The Morgan fingerprint density at radius 1 is 0.962 bits per heavy atom. The highest BCUT2D eigenvalue weighted by molar-refractivity contribution is 5.51. The number of allylic oxidation sites excluding steroid dienone is 1. The van der Waals surface area contributed by atoms with Crippen LogP contribution in [0, 0.1) is 30.3 Å². The highest BCUT2D eigenvalue weighted by Crippen LogP contribution is 2.37. The molecule has 0 bridgehead atoms. The lowest BCUT2D eigenvalue weighted by Gasteiger charge is -2.27. The van der Waals surface area contributed by atoms with E-state index in [9.17, 15) is 13.2 Å². The molecule has 0 spiro atoms. The van der Waals surface area contributed by atoms with Crippen LogP contribution in [0.5, 0.6) is 0 Å². The van der Waals surface area contributed by atoms with E-state index >= 15 is 0 Å². The minimum Gasteiger partial charge on any atom is -0.207 e. The number of hydrogen-bond donors (Lipinski definition) is 0. The van der Waals surface area contributed by atoms with Crippen molar-refractivity contribution in [2.75, 3.05) is 0 Å². The molecule has 0 aromatic heterocycles. The summed E-state index contributed by atoms with van der Waals surface area (Å²) in [5, 5.41) is 0. The Morgan fingerprint density at radius 2 is 1.69 bits per heavy atom. The topological polar surface area (TPSA) is 0 Å². The van der Waals surface area contributed by atoms with Crippen LogP contribution >= 0.6 is 0 Å². The first-order chi connectivity index (χ1) is 12.5. The third-order valence-corrected chi connectivity index (χ3v) is 5.54. The van der Waals surface area contributed by atoms with Crippen molar-refractivity contribution in [3.8, 4) is 0 Å². The van der Waals surface area contributed by atoms with E-state index in [1.54, 1.807) is 31.2 Å². The normalized spacial score (nSPS) is 20.7. The summed E-state index contributed by atoms with van der Waals surface area (Å²) in [5.74, 6) is -1.08. The summed E-state index contributed by atoms with van der Waals surface area (Å²) in [5.41, 5.74) is 2.44. The van der Waals surface area contributed by atoms with Crippen molar-refractivity contribution < 1.29 is 13.2 Å². The zero-order valence-electron chi connectivity index (χ0n) is 15.4. The van der Waals surface area contributed by atoms with Gasteiger partial charge in [0.1, 0.15) is 5.82 Å². The van der Waals surface area contributed by atoms with Gasteiger partial charge in [-0.05, 0) is 73.6 Å². The maximum atomic E-state index is 14.3.